The van der Waals surface area contributed by atoms with Crippen LogP contribution in [0.3, 0.4) is 0 Å². The summed E-state index contributed by atoms with van der Waals surface area (Å²) >= 11 is 5.90. The van der Waals surface area contributed by atoms with Gasteiger partial charge in [-0.1, -0.05) is 29.8 Å². The van der Waals surface area contributed by atoms with E-state index in [1.165, 1.54) is 16.8 Å². The SMILES string of the molecule is O=C(CC1C(=O)Nc2c(-c3ccc(Cl)cc3)cnn21)Nc1cccc(OC(F)(F)F)c1. The van der Waals surface area contributed by atoms with Crippen LogP contribution < -0.4 is 15.4 Å². The number of amides is 2. The molecule has 2 amide bonds. The molecule has 4 rings (SSSR count). The molecule has 1 aromatic heterocycles. The summed E-state index contributed by atoms with van der Waals surface area (Å²) in [6, 6.07) is 10.9. The Bertz CT molecular complexity index is 1150. The van der Waals surface area contributed by atoms with E-state index in [1.54, 1.807) is 30.5 Å². The molecule has 31 heavy (non-hydrogen) atoms. The third kappa shape index (κ3) is 4.64. The van der Waals surface area contributed by atoms with E-state index in [2.05, 4.69) is 20.5 Å². The van der Waals surface area contributed by atoms with Gasteiger partial charge in [-0.05, 0) is 29.8 Å². The molecule has 0 bridgehead atoms. The molecule has 7 nitrogen and oxygen atoms in total. The first-order valence-corrected chi connectivity index (χ1v) is 9.37. The molecule has 160 valence electrons. The number of rotatable bonds is 5. The summed E-state index contributed by atoms with van der Waals surface area (Å²) in [5.74, 6) is -1.00. The zero-order chi connectivity index (χ0) is 22.2. The lowest BCUT2D eigenvalue weighted by molar-refractivity contribution is -0.274. The van der Waals surface area contributed by atoms with Gasteiger partial charge in [0.05, 0.1) is 12.6 Å². The Hall–Kier alpha value is -3.53. The summed E-state index contributed by atoms with van der Waals surface area (Å²) in [7, 11) is 0. The lowest BCUT2D eigenvalue weighted by Crippen LogP contribution is -2.23. The zero-order valence-electron chi connectivity index (χ0n) is 15.6. The molecule has 2 N–H and O–H groups in total. The van der Waals surface area contributed by atoms with Crippen LogP contribution in [0.2, 0.25) is 5.02 Å². The maximum atomic E-state index is 12.4. The van der Waals surface area contributed by atoms with Gasteiger partial charge in [-0.3, -0.25) is 9.59 Å². The number of fused-ring (bicyclic) bond motifs is 1. The van der Waals surface area contributed by atoms with Crippen molar-refractivity contribution in [3.8, 4) is 16.9 Å². The molecule has 0 radical (unpaired) electrons. The first kappa shape index (κ1) is 20.7. The Labute approximate surface area is 178 Å². The van der Waals surface area contributed by atoms with E-state index in [0.717, 1.165) is 17.7 Å². The van der Waals surface area contributed by atoms with Gasteiger partial charge in [-0.15, -0.1) is 13.2 Å². The van der Waals surface area contributed by atoms with E-state index in [4.69, 9.17) is 11.6 Å². The number of anilines is 2. The molecule has 2 heterocycles. The van der Waals surface area contributed by atoms with Crippen LogP contribution in [-0.2, 0) is 9.59 Å². The molecule has 1 aliphatic rings. The smallest absolute Gasteiger partial charge is 0.406 e. The minimum Gasteiger partial charge on any atom is -0.406 e. The van der Waals surface area contributed by atoms with Gasteiger partial charge in [-0.2, -0.15) is 5.10 Å². The molecule has 0 saturated heterocycles. The van der Waals surface area contributed by atoms with Gasteiger partial charge in [0.1, 0.15) is 17.6 Å². The van der Waals surface area contributed by atoms with Crippen LogP contribution in [0.4, 0.5) is 24.7 Å². The Morgan fingerprint density at radius 1 is 1.23 bits per heavy atom. The predicted octanol–water partition coefficient (Wildman–Crippen LogP) is 4.62. The number of halogens is 4. The molecule has 0 spiro atoms. The van der Waals surface area contributed by atoms with E-state index in [1.807, 2.05) is 0 Å². The van der Waals surface area contributed by atoms with E-state index in [0.29, 0.717) is 16.4 Å². The Morgan fingerprint density at radius 2 is 1.97 bits per heavy atom. The molecule has 1 aliphatic heterocycles. The highest BCUT2D eigenvalue weighted by atomic mass is 35.5. The summed E-state index contributed by atoms with van der Waals surface area (Å²) < 4.78 is 42.3. The number of nitrogens with one attached hydrogen (secondary N) is 2. The van der Waals surface area contributed by atoms with Crippen molar-refractivity contribution in [2.45, 2.75) is 18.8 Å². The minimum atomic E-state index is -4.84. The molecule has 0 fully saturated rings. The fourth-order valence-corrected chi connectivity index (χ4v) is 3.34. The Balaban J connectivity index is 1.47. The number of hydrogen-bond acceptors (Lipinski definition) is 4. The van der Waals surface area contributed by atoms with Crippen molar-refractivity contribution in [2.24, 2.45) is 0 Å². The van der Waals surface area contributed by atoms with E-state index in [-0.39, 0.29) is 12.1 Å². The fraction of sp³-hybridized carbons (Fsp3) is 0.150. The van der Waals surface area contributed by atoms with Crippen molar-refractivity contribution in [3.05, 3.63) is 59.8 Å². The Morgan fingerprint density at radius 3 is 2.68 bits per heavy atom. The number of carbonyl (C=O) groups excluding carboxylic acids is 2. The van der Waals surface area contributed by atoms with Gasteiger partial charge in [0.25, 0.3) is 5.91 Å². The average Bonchev–Trinajstić information content (AvgIpc) is 3.21. The van der Waals surface area contributed by atoms with Crippen LogP contribution in [-0.4, -0.2) is 28.0 Å². The van der Waals surface area contributed by atoms with Crippen LogP contribution in [0.1, 0.15) is 12.5 Å². The topological polar surface area (TPSA) is 85.2 Å². The predicted molar refractivity (Wildman–Crippen MR) is 107 cm³/mol. The van der Waals surface area contributed by atoms with Gasteiger partial charge in [0, 0.05) is 22.3 Å². The molecule has 0 aliphatic carbocycles. The fourth-order valence-electron chi connectivity index (χ4n) is 3.21. The lowest BCUT2D eigenvalue weighted by Gasteiger charge is -2.12. The molecular formula is C20H14ClF3N4O3. The molecule has 1 atom stereocenters. The average molecular weight is 451 g/mol. The number of carbonyl (C=O) groups is 2. The summed E-state index contributed by atoms with van der Waals surface area (Å²) in [5.41, 5.74) is 1.56. The van der Waals surface area contributed by atoms with Crippen molar-refractivity contribution in [1.82, 2.24) is 9.78 Å². The van der Waals surface area contributed by atoms with Crippen molar-refractivity contribution in [2.75, 3.05) is 10.6 Å². The highest BCUT2D eigenvalue weighted by Gasteiger charge is 2.35. The highest BCUT2D eigenvalue weighted by molar-refractivity contribution is 6.30. The van der Waals surface area contributed by atoms with Gasteiger partial charge >= 0.3 is 6.36 Å². The quantitative estimate of drug-likeness (QED) is 0.594. The minimum absolute atomic E-state index is 0.104. The van der Waals surface area contributed by atoms with E-state index >= 15 is 0 Å². The van der Waals surface area contributed by atoms with Crippen LogP contribution in [0, 0.1) is 0 Å². The molecule has 3 aromatic rings. The monoisotopic (exact) mass is 450 g/mol. The second-order valence-electron chi connectivity index (χ2n) is 6.69. The normalized spacial score (nSPS) is 15.4. The summed E-state index contributed by atoms with van der Waals surface area (Å²) in [5, 5.41) is 9.97. The number of ether oxygens (including phenoxy) is 1. The molecule has 1 unspecified atom stereocenters. The van der Waals surface area contributed by atoms with Crippen LogP contribution in [0.5, 0.6) is 5.75 Å². The maximum Gasteiger partial charge on any atom is 0.573 e. The van der Waals surface area contributed by atoms with Crippen LogP contribution in [0.25, 0.3) is 11.1 Å². The molecule has 0 saturated carbocycles. The molecular weight excluding hydrogens is 437 g/mol. The number of hydrogen-bond donors (Lipinski definition) is 2. The number of benzene rings is 2. The first-order valence-electron chi connectivity index (χ1n) is 8.99. The lowest BCUT2D eigenvalue weighted by atomic mass is 10.1. The van der Waals surface area contributed by atoms with Crippen molar-refractivity contribution in [3.63, 3.8) is 0 Å². The number of alkyl halides is 3. The Kier molecular flexibility index (Phi) is 5.32. The van der Waals surface area contributed by atoms with Crippen molar-refractivity contribution < 1.29 is 27.5 Å². The third-order valence-corrected chi connectivity index (χ3v) is 4.77. The third-order valence-electron chi connectivity index (χ3n) is 4.52. The highest BCUT2D eigenvalue weighted by Crippen LogP contribution is 2.36. The molecule has 11 heteroatoms. The van der Waals surface area contributed by atoms with Crippen molar-refractivity contribution in [1.29, 1.82) is 0 Å². The summed E-state index contributed by atoms with van der Waals surface area (Å²) in [6.07, 6.45) is -3.53. The van der Waals surface area contributed by atoms with E-state index < -0.39 is 30.0 Å². The van der Waals surface area contributed by atoms with Gasteiger partial charge in [0.2, 0.25) is 5.91 Å². The maximum absolute atomic E-state index is 12.4. The number of nitrogens with zero attached hydrogens (tertiary/aromatic N) is 2. The van der Waals surface area contributed by atoms with Crippen molar-refractivity contribution >= 4 is 34.9 Å². The number of aromatic nitrogens is 2. The van der Waals surface area contributed by atoms with Gasteiger partial charge in [0.15, 0.2) is 0 Å². The second-order valence-corrected chi connectivity index (χ2v) is 7.13. The largest absolute Gasteiger partial charge is 0.573 e. The van der Waals surface area contributed by atoms with Crippen LogP contribution in [0.15, 0.2) is 54.7 Å². The summed E-state index contributed by atoms with van der Waals surface area (Å²) in [6.45, 7) is 0. The van der Waals surface area contributed by atoms with Crippen LogP contribution >= 0.6 is 11.6 Å². The van der Waals surface area contributed by atoms with Gasteiger partial charge < -0.3 is 15.4 Å². The summed E-state index contributed by atoms with van der Waals surface area (Å²) in [4.78, 5) is 24.8. The zero-order valence-corrected chi connectivity index (χ0v) is 16.4. The standard InChI is InChI=1S/C20H14ClF3N4O3/c21-12-6-4-11(5-7-12)15-10-25-28-16(19(30)27-18(15)28)9-17(29)26-13-2-1-3-14(8-13)31-20(22,23)24/h1-8,10,16H,9H2,(H,26,29)(H,27,30). The second kappa shape index (κ2) is 7.95. The molecule has 2 aromatic carbocycles. The first-order chi connectivity index (χ1) is 14.7. The van der Waals surface area contributed by atoms with Gasteiger partial charge in [-0.25, -0.2) is 4.68 Å². The van der Waals surface area contributed by atoms with E-state index in [9.17, 15) is 22.8 Å².